The van der Waals surface area contributed by atoms with Crippen LogP contribution in [0.2, 0.25) is 0 Å². The highest BCUT2D eigenvalue weighted by Gasteiger charge is 2.08. The number of rotatable bonds is 7. The van der Waals surface area contributed by atoms with Gasteiger partial charge >= 0.3 is 0 Å². The van der Waals surface area contributed by atoms with Crippen LogP contribution in [0.25, 0.3) is 0 Å². The number of imidazole rings is 1. The number of amides is 1. The molecule has 0 bridgehead atoms. The molecule has 1 aromatic heterocycles. The molecule has 2 rings (SSSR count). The van der Waals surface area contributed by atoms with E-state index in [0.29, 0.717) is 12.1 Å². The van der Waals surface area contributed by atoms with Crippen LogP contribution in [0.3, 0.4) is 0 Å². The van der Waals surface area contributed by atoms with Gasteiger partial charge in [-0.1, -0.05) is 13.3 Å². The second kappa shape index (κ2) is 7.64. The summed E-state index contributed by atoms with van der Waals surface area (Å²) in [6.07, 6.45) is 5.94. The summed E-state index contributed by atoms with van der Waals surface area (Å²) in [4.78, 5) is 18.5. The summed E-state index contributed by atoms with van der Waals surface area (Å²) in [5.41, 5.74) is 1.80. The fourth-order valence-corrected chi connectivity index (χ4v) is 2.22. The van der Waals surface area contributed by atoms with Gasteiger partial charge in [-0.15, -0.1) is 0 Å². The Labute approximate surface area is 132 Å². The minimum absolute atomic E-state index is 0.0780. The van der Waals surface area contributed by atoms with Crippen molar-refractivity contribution >= 4 is 11.6 Å². The van der Waals surface area contributed by atoms with Gasteiger partial charge in [0, 0.05) is 44.3 Å². The molecule has 0 aliphatic rings. The number of unbranched alkanes of at least 4 members (excludes halogenated alkanes) is 1. The molecule has 0 aliphatic carbocycles. The van der Waals surface area contributed by atoms with Crippen LogP contribution in [0, 0.1) is 0 Å². The Morgan fingerprint density at radius 3 is 2.64 bits per heavy atom. The minimum atomic E-state index is -0.0780. The molecule has 2 aromatic rings. The van der Waals surface area contributed by atoms with Crippen LogP contribution in [0.1, 0.15) is 35.9 Å². The SMILES string of the molecule is CCCCN(C)c1ccc(C(=O)NCc2nccn2C)cc1. The van der Waals surface area contributed by atoms with E-state index >= 15 is 0 Å². The number of nitrogens with zero attached hydrogens (tertiary/aromatic N) is 3. The third kappa shape index (κ3) is 4.10. The number of carbonyl (C=O) groups excluding carboxylic acids is 1. The number of nitrogens with one attached hydrogen (secondary N) is 1. The van der Waals surface area contributed by atoms with Crippen molar-refractivity contribution in [1.29, 1.82) is 0 Å². The first kappa shape index (κ1) is 16.1. The first-order valence-corrected chi connectivity index (χ1v) is 7.67. The highest BCUT2D eigenvalue weighted by molar-refractivity contribution is 5.94. The zero-order valence-electron chi connectivity index (χ0n) is 13.5. The predicted molar refractivity (Wildman–Crippen MR) is 89.0 cm³/mol. The molecule has 1 heterocycles. The van der Waals surface area contributed by atoms with Crippen molar-refractivity contribution in [2.75, 3.05) is 18.5 Å². The molecule has 5 heteroatoms. The Morgan fingerprint density at radius 1 is 1.32 bits per heavy atom. The van der Waals surface area contributed by atoms with Crippen LogP contribution in [0.4, 0.5) is 5.69 Å². The summed E-state index contributed by atoms with van der Waals surface area (Å²) in [6, 6.07) is 7.72. The fraction of sp³-hybridized carbons (Fsp3) is 0.412. The molecule has 118 valence electrons. The monoisotopic (exact) mass is 300 g/mol. The smallest absolute Gasteiger partial charge is 0.251 e. The van der Waals surface area contributed by atoms with Crippen LogP contribution in [0.15, 0.2) is 36.7 Å². The average Bonchev–Trinajstić information content (AvgIpc) is 2.95. The zero-order chi connectivity index (χ0) is 15.9. The van der Waals surface area contributed by atoms with E-state index in [2.05, 4.69) is 29.2 Å². The molecular weight excluding hydrogens is 276 g/mol. The fourth-order valence-electron chi connectivity index (χ4n) is 2.22. The molecule has 0 atom stereocenters. The summed E-state index contributed by atoms with van der Waals surface area (Å²) >= 11 is 0. The summed E-state index contributed by atoms with van der Waals surface area (Å²) < 4.78 is 1.89. The van der Waals surface area contributed by atoms with Crippen LogP contribution in [0.5, 0.6) is 0 Å². The lowest BCUT2D eigenvalue weighted by Gasteiger charge is -2.19. The van der Waals surface area contributed by atoms with Crippen LogP contribution < -0.4 is 10.2 Å². The largest absolute Gasteiger partial charge is 0.375 e. The van der Waals surface area contributed by atoms with Gasteiger partial charge in [0.05, 0.1) is 6.54 Å². The summed E-state index contributed by atoms with van der Waals surface area (Å²) in [5, 5.41) is 2.89. The van der Waals surface area contributed by atoms with Crippen molar-refractivity contribution in [2.24, 2.45) is 7.05 Å². The molecule has 0 aliphatic heterocycles. The van der Waals surface area contributed by atoms with Gasteiger partial charge in [0.2, 0.25) is 0 Å². The number of anilines is 1. The Bertz CT molecular complexity index is 603. The number of aryl methyl sites for hydroxylation is 1. The topological polar surface area (TPSA) is 50.2 Å². The second-order valence-corrected chi connectivity index (χ2v) is 5.46. The van der Waals surface area contributed by atoms with Gasteiger partial charge in [0.1, 0.15) is 5.82 Å². The standard InChI is InChI=1S/C17H24N4O/c1-4-5-11-20(2)15-8-6-14(7-9-15)17(22)19-13-16-18-10-12-21(16)3/h6-10,12H,4-5,11,13H2,1-3H3,(H,19,22). The third-order valence-corrected chi connectivity index (χ3v) is 3.75. The molecule has 0 spiro atoms. The zero-order valence-corrected chi connectivity index (χ0v) is 13.5. The summed E-state index contributed by atoms with van der Waals surface area (Å²) in [6.45, 7) is 3.64. The molecule has 0 fully saturated rings. The van der Waals surface area contributed by atoms with Gasteiger partial charge in [-0.2, -0.15) is 0 Å². The molecule has 0 radical (unpaired) electrons. The maximum Gasteiger partial charge on any atom is 0.251 e. The molecule has 1 aromatic carbocycles. The maximum atomic E-state index is 12.1. The lowest BCUT2D eigenvalue weighted by atomic mass is 10.2. The van der Waals surface area contributed by atoms with Gasteiger partial charge in [-0.05, 0) is 30.7 Å². The Balaban J connectivity index is 1.92. The van der Waals surface area contributed by atoms with Gasteiger partial charge in [-0.25, -0.2) is 4.98 Å². The first-order chi connectivity index (χ1) is 10.6. The molecule has 0 saturated carbocycles. The molecule has 0 unspecified atom stereocenters. The van der Waals surface area contributed by atoms with E-state index < -0.39 is 0 Å². The van der Waals surface area contributed by atoms with E-state index in [1.165, 1.54) is 12.8 Å². The molecule has 1 N–H and O–H groups in total. The molecule has 22 heavy (non-hydrogen) atoms. The number of hydrogen-bond donors (Lipinski definition) is 1. The Kier molecular flexibility index (Phi) is 5.58. The minimum Gasteiger partial charge on any atom is -0.375 e. The van der Waals surface area contributed by atoms with E-state index in [4.69, 9.17) is 0 Å². The maximum absolute atomic E-state index is 12.1. The van der Waals surface area contributed by atoms with Crippen molar-refractivity contribution in [3.05, 3.63) is 48.0 Å². The van der Waals surface area contributed by atoms with Crippen LogP contribution in [-0.4, -0.2) is 29.1 Å². The third-order valence-electron chi connectivity index (χ3n) is 3.75. The van der Waals surface area contributed by atoms with Crippen LogP contribution >= 0.6 is 0 Å². The summed E-state index contributed by atoms with van der Waals surface area (Å²) in [5.74, 6) is 0.759. The van der Waals surface area contributed by atoms with Crippen molar-refractivity contribution in [3.63, 3.8) is 0 Å². The lowest BCUT2D eigenvalue weighted by Crippen LogP contribution is -2.24. The van der Waals surface area contributed by atoms with Crippen molar-refractivity contribution in [1.82, 2.24) is 14.9 Å². The van der Waals surface area contributed by atoms with E-state index in [1.54, 1.807) is 6.20 Å². The van der Waals surface area contributed by atoms with E-state index in [0.717, 1.165) is 18.1 Å². The number of carbonyl (C=O) groups is 1. The van der Waals surface area contributed by atoms with Crippen molar-refractivity contribution in [2.45, 2.75) is 26.3 Å². The second-order valence-electron chi connectivity index (χ2n) is 5.46. The Morgan fingerprint density at radius 2 is 2.05 bits per heavy atom. The predicted octanol–water partition coefficient (Wildman–Crippen LogP) is 2.59. The van der Waals surface area contributed by atoms with E-state index in [-0.39, 0.29) is 5.91 Å². The molecule has 0 saturated heterocycles. The van der Waals surface area contributed by atoms with Crippen LogP contribution in [-0.2, 0) is 13.6 Å². The Hall–Kier alpha value is -2.30. The van der Waals surface area contributed by atoms with Crippen molar-refractivity contribution < 1.29 is 4.79 Å². The average molecular weight is 300 g/mol. The molecular formula is C17H24N4O. The first-order valence-electron chi connectivity index (χ1n) is 7.67. The number of benzene rings is 1. The lowest BCUT2D eigenvalue weighted by molar-refractivity contribution is 0.0949. The van der Waals surface area contributed by atoms with E-state index in [1.807, 2.05) is 42.1 Å². The molecule has 1 amide bonds. The normalized spacial score (nSPS) is 10.5. The van der Waals surface area contributed by atoms with Gasteiger partial charge in [-0.3, -0.25) is 4.79 Å². The van der Waals surface area contributed by atoms with Gasteiger partial charge < -0.3 is 14.8 Å². The van der Waals surface area contributed by atoms with Gasteiger partial charge in [0.15, 0.2) is 0 Å². The summed E-state index contributed by atoms with van der Waals surface area (Å²) in [7, 11) is 3.99. The van der Waals surface area contributed by atoms with Crippen molar-refractivity contribution in [3.8, 4) is 0 Å². The highest BCUT2D eigenvalue weighted by Crippen LogP contribution is 2.14. The number of aromatic nitrogens is 2. The highest BCUT2D eigenvalue weighted by atomic mass is 16.1. The van der Waals surface area contributed by atoms with Gasteiger partial charge in [0.25, 0.3) is 5.91 Å². The van der Waals surface area contributed by atoms with E-state index in [9.17, 15) is 4.79 Å². The number of hydrogen-bond acceptors (Lipinski definition) is 3. The quantitative estimate of drug-likeness (QED) is 0.855. The molecule has 5 nitrogen and oxygen atoms in total.